The van der Waals surface area contributed by atoms with Gasteiger partial charge in [-0.15, -0.1) is 12.4 Å². The van der Waals surface area contributed by atoms with Crippen molar-refractivity contribution in [3.63, 3.8) is 0 Å². The zero-order valence-corrected chi connectivity index (χ0v) is 13.8. The molecule has 0 saturated carbocycles. The van der Waals surface area contributed by atoms with Crippen LogP contribution in [-0.4, -0.2) is 36.5 Å². The molecule has 0 spiro atoms. The van der Waals surface area contributed by atoms with Gasteiger partial charge in [-0.3, -0.25) is 4.79 Å². The van der Waals surface area contributed by atoms with Gasteiger partial charge < -0.3 is 15.4 Å². The molecule has 0 aliphatic carbocycles. The minimum absolute atomic E-state index is 0. The topological polar surface area (TPSA) is 55.6 Å². The van der Waals surface area contributed by atoms with Crippen LogP contribution in [-0.2, 0) is 0 Å². The molecule has 1 aliphatic heterocycles. The van der Waals surface area contributed by atoms with E-state index in [1.165, 1.54) is 0 Å². The Balaban J connectivity index is 0.00000220. The fourth-order valence-corrected chi connectivity index (χ4v) is 2.81. The third-order valence-electron chi connectivity index (χ3n) is 3.99. The number of ether oxygens (including phenoxy) is 1. The van der Waals surface area contributed by atoms with E-state index >= 15 is 0 Å². The standard InChI is InChI=1S/C16H24N2O2.ClH/c1-4-20-15-8-14(6-5-11(15)2)16(19)18-10-13(9-17)7-12(18)3;/h5-6,8,12-13H,4,7,9-10,17H2,1-3H3;1H. The van der Waals surface area contributed by atoms with Crippen molar-refractivity contribution in [1.82, 2.24) is 4.90 Å². The van der Waals surface area contributed by atoms with Crippen LogP contribution in [0.2, 0.25) is 0 Å². The third kappa shape index (κ3) is 3.89. The van der Waals surface area contributed by atoms with E-state index in [0.717, 1.165) is 24.3 Å². The third-order valence-corrected chi connectivity index (χ3v) is 3.99. The highest BCUT2D eigenvalue weighted by Gasteiger charge is 2.32. The summed E-state index contributed by atoms with van der Waals surface area (Å²) in [6.45, 7) is 8.03. The molecule has 2 unspecified atom stereocenters. The lowest BCUT2D eigenvalue weighted by molar-refractivity contribution is 0.0743. The first kappa shape index (κ1) is 17.8. The predicted octanol–water partition coefficient (Wildman–Crippen LogP) is 2.62. The Morgan fingerprint density at radius 2 is 2.19 bits per heavy atom. The molecule has 1 heterocycles. The summed E-state index contributed by atoms with van der Waals surface area (Å²) in [7, 11) is 0. The summed E-state index contributed by atoms with van der Waals surface area (Å²) >= 11 is 0. The summed E-state index contributed by atoms with van der Waals surface area (Å²) < 4.78 is 5.57. The minimum atomic E-state index is 0. The largest absolute Gasteiger partial charge is 0.494 e. The molecule has 4 nitrogen and oxygen atoms in total. The van der Waals surface area contributed by atoms with Gasteiger partial charge in [-0.1, -0.05) is 6.07 Å². The van der Waals surface area contributed by atoms with Gasteiger partial charge in [-0.05, 0) is 57.4 Å². The number of nitrogens with zero attached hydrogens (tertiary/aromatic N) is 1. The van der Waals surface area contributed by atoms with E-state index in [1.807, 2.05) is 36.9 Å². The molecule has 0 radical (unpaired) electrons. The molecular formula is C16H25ClN2O2. The molecule has 2 N–H and O–H groups in total. The van der Waals surface area contributed by atoms with Crippen LogP contribution in [0.5, 0.6) is 5.75 Å². The van der Waals surface area contributed by atoms with E-state index < -0.39 is 0 Å². The molecule has 1 aliphatic rings. The Morgan fingerprint density at radius 3 is 2.76 bits per heavy atom. The lowest BCUT2D eigenvalue weighted by Gasteiger charge is -2.22. The van der Waals surface area contributed by atoms with Crippen LogP contribution in [0.25, 0.3) is 0 Å². The number of carbonyl (C=O) groups is 1. The number of halogens is 1. The summed E-state index contributed by atoms with van der Waals surface area (Å²) in [6.07, 6.45) is 0.992. The Hall–Kier alpha value is -1.26. The molecule has 1 amide bonds. The second kappa shape index (κ2) is 7.66. The monoisotopic (exact) mass is 312 g/mol. The molecule has 2 atom stereocenters. The van der Waals surface area contributed by atoms with Gasteiger partial charge in [0.15, 0.2) is 0 Å². The van der Waals surface area contributed by atoms with Crippen LogP contribution in [0.1, 0.15) is 36.2 Å². The number of hydrogen-bond donors (Lipinski definition) is 1. The molecule has 1 fully saturated rings. The second-order valence-corrected chi connectivity index (χ2v) is 5.56. The number of carbonyl (C=O) groups excluding carboxylic acids is 1. The molecule has 118 valence electrons. The Kier molecular flexibility index (Phi) is 6.49. The van der Waals surface area contributed by atoms with Gasteiger partial charge in [-0.2, -0.15) is 0 Å². The van der Waals surface area contributed by atoms with Crippen molar-refractivity contribution in [3.05, 3.63) is 29.3 Å². The van der Waals surface area contributed by atoms with Crippen LogP contribution in [0.15, 0.2) is 18.2 Å². The summed E-state index contributed by atoms with van der Waals surface area (Å²) in [4.78, 5) is 14.5. The summed E-state index contributed by atoms with van der Waals surface area (Å²) in [5.41, 5.74) is 7.47. The molecule has 0 bridgehead atoms. The number of aryl methyl sites for hydroxylation is 1. The quantitative estimate of drug-likeness (QED) is 0.930. The average molecular weight is 313 g/mol. The lowest BCUT2D eigenvalue weighted by Crippen LogP contribution is -2.34. The summed E-state index contributed by atoms with van der Waals surface area (Å²) in [6, 6.07) is 5.93. The minimum Gasteiger partial charge on any atom is -0.494 e. The van der Waals surface area contributed by atoms with Gasteiger partial charge in [0.2, 0.25) is 0 Å². The molecule has 5 heteroatoms. The Bertz CT molecular complexity index is 493. The molecule has 1 aromatic carbocycles. The number of amides is 1. The molecular weight excluding hydrogens is 288 g/mol. The Morgan fingerprint density at radius 1 is 1.48 bits per heavy atom. The van der Waals surface area contributed by atoms with Crippen molar-refractivity contribution >= 4 is 18.3 Å². The first-order valence-electron chi connectivity index (χ1n) is 7.31. The van der Waals surface area contributed by atoms with Crippen molar-refractivity contribution in [2.24, 2.45) is 11.7 Å². The van der Waals surface area contributed by atoms with Gasteiger partial charge in [0, 0.05) is 18.2 Å². The average Bonchev–Trinajstić information content (AvgIpc) is 2.82. The zero-order chi connectivity index (χ0) is 14.7. The van der Waals surface area contributed by atoms with Crippen LogP contribution in [0.3, 0.4) is 0 Å². The highest BCUT2D eigenvalue weighted by atomic mass is 35.5. The van der Waals surface area contributed by atoms with Crippen molar-refractivity contribution in [2.45, 2.75) is 33.2 Å². The molecule has 21 heavy (non-hydrogen) atoms. The van der Waals surface area contributed by atoms with Gasteiger partial charge in [0.1, 0.15) is 5.75 Å². The molecule has 0 aromatic heterocycles. The zero-order valence-electron chi connectivity index (χ0n) is 13.0. The summed E-state index contributed by atoms with van der Waals surface area (Å²) in [5, 5.41) is 0. The highest BCUT2D eigenvalue weighted by Crippen LogP contribution is 2.26. The van der Waals surface area contributed by atoms with Gasteiger partial charge in [0.05, 0.1) is 6.61 Å². The molecule has 2 rings (SSSR count). The summed E-state index contributed by atoms with van der Waals surface area (Å²) in [5.74, 6) is 1.29. The Labute approximate surface area is 133 Å². The first-order valence-corrected chi connectivity index (χ1v) is 7.31. The number of benzene rings is 1. The smallest absolute Gasteiger partial charge is 0.254 e. The van der Waals surface area contributed by atoms with Crippen LogP contribution >= 0.6 is 12.4 Å². The van der Waals surface area contributed by atoms with E-state index in [0.29, 0.717) is 24.6 Å². The highest BCUT2D eigenvalue weighted by molar-refractivity contribution is 5.95. The van der Waals surface area contributed by atoms with Crippen LogP contribution in [0, 0.1) is 12.8 Å². The van der Waals surface area contributed by atoms with Crippen molar-refractivity contribution in [2.75, 3.05) is 19.7 Å². The first-order chi connectivity index (χ1) is 9.56. The number of nitrogens with two attached hydrogens (primary N) is 1. The SMILES string of the molecule is CCOc1cc(C(=O)N2CC(CN)CC2C)ccc1C.Cl. The maximum absolute atomic E-state index is 12.6. The van der Waals surface area contributed by atoms with Crippen LogP contribution < -0.4 is 10.5 Å². The maximum Gasteiger partial charge on any atom is 0.254 e. The van der Waals surface area contributed by atoms with Gasteiger partial charge in [-0.25, -0.2) is 0 Å². The lowest BCUT2D eigenvalue weighted by atomic mass is 10.1. The predicted molar refractivity (Wildman–Crippen MR) is 87.3 cm³/mol. The van der Waals surface area contributed by atoms with Crippen molar-refractivity contribution in [3.8, 4) is 5.75 Å². The van der Waals surface area contributed by atoms with E-state index in [9.17, 15) is 4.79 Å². The van der Waals surface area contributed by atoms with E-state index in [4.69, 9.17) is 10.5 Å². The van der Waals surface area contributed by atoms with Gasteiger partial charge >= 0.3 is 0 Å². The van der Waals surface area contributed by atoms with E-state index in [2.05, 4.69) is 6.92 Å². The molecule has 1 saturated heterocycles. The second-order valence-electron chi connectivity index (χ2n) is 5.56. The number of rotatable bonds is 4. The molecule has 1 aromatic rings. The van der Waals surface area contributed by atoms with Crippen molar-refractivity contribution in [1.29, 1.82) is 0 Å². The normalized spacial score (nSPS) is 21.0. The van der Waals surface area contributed by atoms with Gasteiger partial charge in [0.25, 0.3) is 5.91 Å². The number of hydrogen-bond acceptors (Lipinski definition) is 3. The fourth-order valence-electron chi connectivity index (χ4n) is 2.81. The maximum atomic E-state index is 12.6. The fraction of sp³-hybridized carbons (Fsp3) is 0.562. The van der Waals surface area contributed by atoms with Crippen molar-refractivity contribution < 1.29 is 9.53 Å². The number of likely N-dealkylation sites (tertiary alicyclic amines) is 1. The van der Waals surface area contributed by atoms with Crippen LogP contribution in [0.4, 0.5) is 0 Å². The van der Waals surface area contributed by atoms with E-state index in [1.54, 1.807) is 0 Å². The van der Waals surface area contributed by atoms with E-state index in [-0.39, 0.29) is 24.4 Å².